The maximum atomic E-state index is 13.8. The van der Waals surface area contributed by atoms with Crippen LogP contribution in [0.1, 0.15) is 95.9 Å². The van der Waals surface area contributed by atoms with E-state index in [4.69, 9.17) is 24.3 Å². The van der Waals surface area contributed by atoms with E-state index in [-0.39, 0.29) is 103 Å². The van der Waals surface area contributed by atoms with Crippen molar-refractivity contribution in [1.29, 1.82) is 0 Å². The molecule has 1 atom stereocenters. The number of piperazine rings is 2. The second-order valence-corrected chi connectivity index (χ2v) is 21.2. The van der Waals surface area contributed by atoms with Crippen LogP contribution in [0.4, 0.5) is 11.6 Å². The van der Waals surface area contributed by atoms with Crippen LogP contribution in [0.2, 0.25) is 0 Å². The summed E-state index contributed by atoms with van der Waals surface area (Å²) in [7, 11) is -7.93. The Labute approximate surface area is 401 Å². The van der Waals surface area contributed by atoms with Crippen LogP contribution < -0.4 is 20.8 Å². The number of unbranched alkanes of at least 4 members (excludes halogenated alkanes) is 2. The Morgan fingerprint density at radius 2 is 1.11 bits per heavy atom. The Morgan fingerprint density at radius 1 is 0.667 bits per heavy atom. The summed E-state index contributed by atoms with van der Waals surface area (Å²) >= 11 is 0. The fraction of sp³-hybridized carbons (Fsp3) is 0.756. The number of nitrogens with zero attached hydrogens (tertiary/aromatic N) is 8. The zero-order valence-electron chi connectivity index (χ0n) is 38.0. The molecular formula is C41H68Cl2N10O11S2. The van der Waals surface area contributed by atoms with Gasteiger partial charge in [0.2, 0.25) is 20.0 Å². The summed E-state index contributed by atoms with van der Waals surface area (Å²) in [5.41, 5.74) is 5.87. The number of hydrogen-bond donors (Lipinski definition) is 3. The van der Waals surface area contributed by atoms with Crippen molar-refractivity contribution in [3.8, 4) is 0 Å². The number of halogens is 2. The molecule has 0 radical (unpaired) electrons. The first kappa shape index (κ1) is 55.5. The number of hydrogen-bond acceptors (Lipinski definition) is 17. The third-order valence-corrected chi connectivity index (χ3v) is 18.0. The topological polar surface area (TPSA) is 248 Å². The molecule has 2 aromatic heterocycles. The Hall–Kier alpha value is -3.10. The van der Waals surface area contributed by atoms with Crippen LogP contribution in [0.15, 0.2) is 24.8 Å². The molecule has 5 fully saturated rings. The van der Waals surface area contributed by atoms with Crippen molar-refractivity contribution in [2.45, 2.75) is 113 Å². The predicted octanol–water partition coefficient (Wildman–Crippen LogP) is 2.56. The standard InChI is InChI=1S/C23H37N5O6S.C18H29N5O5S.2ClH/c1-2-3-6-19-17-25-20(18-24-19)27-10-12-28(13-11-27)35(30,31)23(8-15-32-16-9-23)22(29)26-34-21-7-4-5-14-33-21;1-2-3-4-15-13-20-16(14-19-15)22-7-9-23(10-8-22)29(26,27)18(17(24)21-25)5-11-28-12-6-18;;/h17-18,21H,2-16H2,1H3,(H,26,29);13-14,25H,2-12H2,1H3,(H,21,24);2*1H. The van der Waals surface area contributed by atoms with Gasteiger partial charge >= 0.3 is 0 Å². The highest BCUT2D eigenvalue weighted by atomic mass is 35.5. The van der Waals surface area contributed by atoms with Crippen molar-refractivity contribution >= 4 is 68.3 Å². The number of hydroxylamine groups is 2. The lowest BCUT2D eigenvalue weighted by molar-refractivity contribution is -0.202. The minimum Gasteiger partial charge on any atom is -0.381 e. The number of sulfonamides is 2. The van der Waals surface area contributed by atoms with Gasteiger partial charge in [0.25, 0.3) is 11.8 Å². The summed E-state index contributed by atoms with van der Waals surface area (Å²) in [5.74, 6) is -0.0828. The van der Waals surface area contributed by atoms with Crippen LogP contribution >= 0.6 is 24.8 Å². The van der Waals surface area contributed by atoms with E-state index in [1.807, 2.05) is 9.80 Å². The second-order valence-electron chi connectivity index (χ2n) is 16.7. The molecule has 374 valence electrons. The summed E-state index contributed by atoms with van der Waals surface area (Å²) in [4.78, 5) is 53.0. The first-order chi connectivity index (χ1) is 30.9. The van der Waals surface area contributed by atoms with E-state index in [0.717, 1.165) is 74.4 Å². The maximum absolute atomic E-state index is 13.8. The number of nitrogens with one attached hydrogen (secondary N) is 2. The molecule has 5 saturated heterocycles. The van der Waals surface area contributed by atoms with Crippen molar-refractivity contribution in [3.05, 3.63) is 36.2 Å². The third-order valence-electron chi connectivity index (χ3n) is 12.7. The van der Waals surface area contributed by atoms with Gasteiger partial charge in [-0.1, -0.05) is 26.7 Å². The molecule has 3 N–H and O–H groups in total. The average Bonchev–Trinajstić information content (AvgIpc) is 3.35. The number of aryl methyl sites for hydroxylation is 2. The van der Waals surface area contributed by atoms with Gasteiger partial charge in [0.1, 0.15) is 11.6 Å². The van der Waals surface area contributed by atoms with Crippen molar-refractivity contribution in [2.75, 3.05) is 95.2 Å². The summed E-state index contributed by atoms with van der Waals surface area (Å²) in [6.45, 7) is 8.43. The van der Waals surface area contributed by atoms with E-state index in [0.29, 0.717) is 39.2 Å². The van der Waals surface area contributed by atoms with Crippen molar-refractivity contribution in [3.63, 3.8) is 0 Å². The van der Waals surface area contributed by atoms with Crippen molar-refractivity contribution in [2.24, 2.45) is 0 Å². The molecule has 0 aromatic carbocycles. The van der Waals surface area contributed by atoms with Gasteiger partial charge in [-0.25, -0.2) is 42.6 Å². The largest absolute Gasteiger partial charge is 0.381 e. The van der Waals surface area contributed by atoms with Gasteiger partial charge in [0, 0.05) is 117 Å². The Bertz CT molecular complexity index is 2010. The number of rotatable bonds is 16. The van der Waals surface area contributed by atoms with E-state index in [1.54, 1.807) is 30.3 Å². The van der Waals surface area contributed by atoms with Gasteiger partial charge in [-0.2, -0.15) is 8.61 Å². The predicted molar refractivity (Wildman–Crippen MR) is 250 cm³/mol. The lowest BCUT2D eigenvalue weighted by Crippen LogP contribution is -2.62. The van der Waals surface area contributed by atoms with Crippen molar-refractivity contribution < 1.29 is 50.7 Å². The Kier molecular flexibility index (Phi) is 21.9. The van der Waals surface area contributed by atoms with E-state index in [1.165, 1.54) is 8.61 Å². The third kappa shape index (κ3) is 12.9. The molecule has 21 nitrogen and oxygen atoms in total. The van der Waals surface area contributed by atoms with Gasteiger partial charge in [0.15, 0.2) is 15.8 Å². The minimum atomic E-state index is -3.96. The van der Waals surface area contributed by atoms with Gasteiger partial charge in [-0.3, -0.25) is 24.8 Å². The zero-order chi connectivity index (χ0) is 45.6. The molecule has 0 spiro atoms. The molecule has 5 aliphatic rings. The highest BCUT2D eigenvalue weighted by molar-refractivity contribution is 7.91. The maximum Gasteiger partial charge on any atom is 0.266 e. The summed E-state index contributed by atoms with van der Waals surface area (Å²) in [5, 5.41) is 9.13. The minimum absolute atomic E-state index is 0. The normalized spacial score (nSPS) is 21.5. The molecule has 7 rings (SSSR count). The molecule has 0 bridgehead atoms. The number of anilines is 2. The van der Waals surface area contributed by atoms with Crippen LogP contribution in [0, 0.1) is 0 Å². The van der Waals surface area contributed by atoms with Gasteiger partial charge in [-0.05, 0) is 38.5 Å². The molecule has 2 aromatic rings. The zero-order valence-corrected chi connectivity index (χ0v) is 41.3. The Morgan fingerprint density at radius 3 is 1.47 bits per heavy atom. The number of amides is 2. The van der Waals surface area contributed by atoms with E-state index in [2.05, 4.69) is 39.3 Å². The number of carbonyl (C=O) groups is 2. The average molecular weight is 1010 g/mol. The van der Waals surface area contributed by atoms with E-state index < -0.39 is 47.6 Å². The van der Waals surface area contributed by atoms with Gasteiger partial charge in [-0.15, -0.1) is 24.8 Å². The lowest BCUT2D eigenvalue weighted by Gasteiger charge is -2.42. The van der Waals surface area contributed by atoms with E-state index >= 15 is 0 Å². The summed E-state index contributed by atoms with van der Waals surface area (Å²) in [6, 6.07) is 0. The first-order valence-corrected chi connectivity index (χ1v) is 25.6. The molecule has 0 saturated carbocycles. The number of carbonyl (C=O) groups excluding carboxylic acids is 2. The molecule has 25 heteroatoms. The monoisotopic (exact) mass is 1010 g/mol. The molecule has 0 aliphatic carbocycles. The molecule has 7 heterocycles. The molecular weight excluding hydrogens is 944 g/mol. The van der Waals surface area contributed by atoms with Gasteiger partial charge < -0.3 is 24.0 Å². The van der Waals surface area contributed by atoms with Crippen LogP contribution in [0.5, 0.6) is 0 Å². The van der Waals surface area contributed by atoms with Gasteiger partial charge in [0.05, 0.1) is 36.2 Å². The first-order valence-electron chi connectivity index (χ1n) is 22.7. The van der Waals surface area contributed by atoms with Crippen molar-refractivity contribution in [1.82, 2.24) is 39.5 Å². The molecule has 66 heavy (non-hydrogen) atoms. The molecule has 1 unspecified atom stereocenters. The fourth-order valence-corrected chi connectivity index (χ4v) is 12.7. The second kappa shape index (κ2) is 26.0. The summed E-state index contributed by atoms with van der Waals surface area (Å²) in [6.07, 6.45) is 15.4. The van der Waals surface area contributed by atoms with Crippen LogP contribution in [0.25, 0.3) is 0 Å². The lowest BCUT2D eigenvalue weighted by atomic mass is 9.98. The van der Waals surface area contributed by atoms with Crippen LogP contribution in [0.3, 0.4) is 0 Å². The fourth-order valence-electron chi connectivity index (χ4n) is 8.53. The number of ether oxygens (including phenoxy) is 3. The SMILES string of the molecule is CCCCc1cnc(N2CCN(S(=O)(=O)C3(C(=O)NO)CCOCC3)CC2)cn1.CCCCc1cnc(N2CCN(S(=O)(=O)C3(C(=O)NOC4CCCCO4)CCOCC3)CC2)cn1.Cl.Cl. The summed E-state index contributed by atoms with van der Waals surface area (Å²) < 4.78 is 69.8. The molecule has 5 aliphatic heterocycles. The molecule has 2 amide bonds. The Balaban J connectivity index is 0.000000285. The smallest absolute Gasteiger partial charge is 0.266 e. The quantitative estimate of drug-likeness (QED) is 0.162. The van der Waals surface area contributed by atoms with Crippen LogP contribution in [-0.2, 0) is 61.5 Å². The number of aromatic nitrogens is 4. The van der Waals surface area contributed by atoms with Crippen LogP contribution in [-0.4, -0.2) is 164 Å². The highest BCUT2D eigenvalue weighted by Gasteiger charge is 2.56. The van der Waals surface area contributed by atoms with E-state index in [9.17, 15) is 26.4 Å². The highest BCUT2D eigenvalue weighted by Crippen LogP contribution is 2.35.